The molecule has 0 radical (unpaired) electrons. The predicted molar refractivity (Wildman–Crippen MR) is 188 cm³/mol. The second-order valence-electron chi connectivity index (χ2n) is 11.8. The van der Waals surface area contributed by atoms with E-state index in [1.54, 1.807) is 33.5 Å². The average molecular weight is 639 g/mol. The minimum absolute atomic E-state index is 0.154. The number of imide groups is 1. The van der Waals surface area contributed by atoms with Crippen molar-refractivity contribution in [2.75, 3.05) is 34.0 Å². The van der Waals surface area contributed by atoms with Gasteiger partial charge in [0.05, 0.1) is 38.6 Å². The molecule has 0 aliphatic carbocycles. The van der Waals surface area contributed by atoms with Gasteiger partial charge in [0.25, 0.3) is 11.8 Å². The zero-order valence-corrected chi connectivity index (χ0v) is 28.1. The Hall–Kier alpha value is -4.15. The summed E-state index contributed by atoms with van der Waals surface area (Å²) in [6.45, 7) is 0.500. The lowest BCUT2D eigenvalue weighted by Gasteiger charge is -2.28. The minimum atomic E-state index is -1.98. The minimum Gasteiger partial charge on any atom is -0.497 e. The lowest BCUT2D eigenvalue weighted by Crippen LogP contribution is -2.33. The number of hydrogen-bond donors (Lipinski definition) is 0. The van der Waals surface area contributed by atoms with Crippen molar-refractivity contribution < 1.29 is 23.8 Å². The molecule has 0 aromatic heterocycles. The first-order chi connectivity index (χ1) is 22.5. The van der Waals surface area contributed by atoms with Gasteiger partial charge in [0.15, 0.2) is 0 Å². The molecular formula is C39H45NO5P+. The molecule has 240 valence electrons. The third-order valence-electron chi connectivity index (χ3n) is 9.04. The maximum atomic E-state index is 12.6. The fourth-order valence-electron chi connectivity index (χ4n) is 6.47. The van der Waals surface area contributed by atoms with E-state index in [-0.39, 0.29) is 11.8 Å². The van der Waals surface area contributed by atoms with Gasteiger partial charge in [-0.25, -0.2) is 0 Å². The first kappa shape index (κ1) is 33.2. The molecule has 0 spiro atoms. The molecule has 0 bridgehead atoms. The summed E-state index contributed by atoms with van der Waals surface area (Å²) in [6.07, 6.45) is 9.88. The summed E-state index contributed by atoms with van der Waals surface area (Å²) < 4.78 is 16.5. The molecule has 0 saturated heterocycles. The van der Waals surface area contributed by atoms with E-state index < -0.39 is 7.26 Å². The second kappa shape index (κ2) is 15.9. The average Bonchev–Trinajstić information content (AvgIpc) is 3.36. The van der Waals surface area contributed by atoms with E-state index in [0.717, 1.165) is 55.5 Å². The maximum absolute atomic E-state index is 12.6. The van der Waals surface area contributed by atoms with E-state index in [2.05, 4.69) is 72.8 Å². The number of hydrogen-bond acceptors (Lipinski definition) is 5. The predicted octanol–water partition coefficient (Wildman–Crippen LogP) is 7.42. The number of methoxy groups -OCH3 is 3. The largest absolute Gasteiger partial charge is 0.497 e. The first-order valence-corrected chi connectivity index (χ1v) is 18.3. The fraction of sp³-hybridized carbons (Fsp3) is 0.333. The van der Waals surface area contributed by atoms with Crippen LogP contribution in [0.4, 0.5) is 0 Å². The Morgan fingerprint density at radius 3 is 1.20 bits per heavy atom. The van der Waals surface area contributed by atoms with Crippen molar-refractivity contribution in [3.05, 3.63) is 108 Å². The molecule has 6 nitrogen and oxygen atoms in total. The van der Waals surface area contributed by atoms with E-state index in [0.29, 0.717) is 17.7 Å². The van der Waals surface area contributed by atoms with Crippen molar-refractivity contribution in [2.45, 2.75) is 51.4 Å². The summed E-state index contributed by atoms with van der Waals surface area (Å²) in [5, 5.41) is 4.00. The highest BCUT2D eigenvalue weighted by Crippen LogP contribution is 2.56. The summed E-state index contributed by atoms with van der Waals surface area (Å²) in [6, 6.07) is 33.0. The SMILES string of the molecule is COc1ccc([P+](CCCCCCCCCCN2C(=O)c3ccccc3C2=O)(c2ccc(OC)cc2)c2ccc(OC)cc2)cc1. The summed E-state index contributed by atoms with van der Waals surface area (Å²) >= 11 is 0. The summed E-state index contributed by atoms with van der Waals surface area (Å²) in [7, 11) is 3.14. The normalized spacial score (nSPS) is 12.7. The van der Waals surface area contributed by atoms with Crippen molar-refractivity contribution in [3.63, 3.8) is 0 Å². The van der Waals surface area contributed by atoms with Crippen LogP contribution in [0.1, 0.15) is 72.1 Å². The summed E-state index contributed by atoms with van der Waals surface area (Å²) in [5.74, 6) is 2.26. The van der Waals surface area contributed by atoms with E-state index in [4.69, 9.17) is 14.2 Å². The Morgan fingerprint density at radius 1 is 0.478 bits per heavy atom. The van der Waals surface area contributed by atoms with Gasteiger partial charge < -0.3 is 14.2 Å². The molecule has 0 saturated carbocycles. The number of nitrogens with zero attached hydrogens (tertiary/aromatic N) is 1. The molecular weight excluding hydrogens is 593 g/mol. The Labute approximate surface area is 274 Å². The number of rotatable bonds is 17. The second-order valence-corrected chi connectivity index (χ2v) is 15.4. The molecule has 4 aromatic rings. The van der Waals surface area contributed by atoms with Crippen LogP contribution in [0.3, 0.4) is 0 Å². The van der Waals surface area contributed by atoms with Crippen LogP contribution >= 0.6 is 7.26 Å². The van der Waals surface area contributed by atoms with Crippen LogP contribution in [0, 0.1) is 0 Å². The number of carbonyl (C=O) groups excluding carboxylic acids is 2. The Bertz CT molecular complexity index is 1430. The highest BCUT2D eigenvalue weighted by Gasteiger charge is 2.45. The fourth-order valence-corrected chi connectivity index (χ4v) is 10.8. The monoisotopic (exact) mass is 638 g/mol. The smallest absolute Gasteiger partial charge is 0.261 e. The molecule has 0 fully saturated rings. The van der Waals surface area contributed by atoms with Crippen molar-refractivity contribution in [1.29, 1.82) is 0 Å². The molecule has 7 heteroatoms. The molecule has 4 aromatic carbocycles. The molecule has 2 amide bonds. The van der Waals surface area contributed by atoms with E-state index in [9.17, 15) is 9.59 Å². The van der Waals surface area contributed by atoms with Gasteiger partial charge in [-0.05, 0) is 104 Å². The number of unbranched alkanes of at least 4 members (excludes halogenated alkanes) is 7. The van der Waals surface area contributed by atoms with Gasteiger partial charge in [-0.3, -0.25) is 14.5 Å². The van der Waals surface area contributed by atoms with Crippen LogP contribution in [0.15, 0.2) is 97.1 Å². The standard InChI is InChI=1S/C39H45NO5P/c1-43-30-16-22-33(23-17-30)46(34-24-18-31(44-2)19-25-34,35-26-20-32(45-3)21-27-35)29-13-9-7-5-4-6-8-12-28-40-38(41)36-14-10-11-15-37(36)39(40)42/h10-11,14-27H,4-9,12-13,28-29H2,1-3H3/q+1. The third kappa shape index (κ3) is 7.29. The number of amides is 2. The molecule has 1 aliphatic heterocycles. The molecule has 0 N–H and O–H groups in total. The molecule has 0 atom stereocenters. The van der Waals surface area contributed by atoms with Gasteiger partial charge in [0.2, 0.25) is 0 Å². The van der Waals surface area contributed by atoms with Crippen LogP contribution < -0.4 is 30.1 Å². The Balaban J connectivity index is 1.18. The van der Waals surface area contributed by atoms with Crippen molar-refractivity contribution in [2.24, 2.45) is 0 Å². The zero-order valence-electron chi connectivity index (χ0n) is 27.2. The molecule has 5 rings (SSSR count). The number of benzene rings is 4. The lowest BCUT2D eigenvalue weighted by atomic mass is 10.1. The van der Waals surface area contributed by atoms with Crippen molar-refractivity contribution in [3.8, 4) is 17.2 Å². The zero-order chi connectivity index (χ0) is 32.4. The van der Waals surface area contributed by atoms with Gasteiger partial charge in [0, 0.05) is 6.54 Å². The van der Waals surface area contributed by atoms with Crippen LogP contribution in [0.25, 0.3) is 0 Å². The quantitative estimate of drug-likeness (QED) is 0.0684. The van der Waals surface area contributed by atoms with Crippen LogP contribution in [-0.2, 0) is 0 Å². The van der Waals surface area contributed by atoms with Crippen molar-refractivity contribution >= 4 is 35.0 Å². The lowest BCUT2D eigenvalue weighted by molar-refractivity contribution is 0.0651. The highest BCUT2D eigenvalue weighted by molar-refractivity contribution is 7.95. The topological polar surface area (TPSA) is 65.1 Å². The molecule has 1 aliphatic rings. The van der Waals surface area contributed by atoms with E-state index >= 15 is 0 Å². The van der Waals surface area contributed by atoms with Gasteiger partial charge in [-0.15, -0.1) is 0 Å². The molecule has 1 heterocycles. The van der Waals surface area contributed by atoms with Gasteiger partial charge in [-0.2, -0.15) is 0 Å². The van der Waals surface area contributed by atoms with Crippen LogP contribution in [0.5, 0.6) is 17.2 Å². The van der Waals surface area contributed by atoms with Crippen LogP contribution in [-0.4, -0.2) is 50.8 Å². The summed E-state index contributed by atoms with van der Waals surface area (Å²) in [5.41, 5.74) is 1.06. The van der Waals surface area contributed by atoms with E-state index in [1.807, 2.05) is 12.1 Å². The van der Waals surface area contributed by atoms with Gasteiger partial charge >= 0.3 is 0 Å². The summed E-state index contributed by atoms with van der Waals surface area (Å²) in [4.78, 5) is 26.6. The number of fused-ring (bicyclic) bond motifs is 1. The Morgan fingerprint density at radius 2 is 0.826 bits per heavy atom. The number of ether oxygens (including phenoxy) is 3. The molecule has 46 heavy (non-hydrogen) atoms. The van der Waals surface area contributed by atoms with Gasteiger partial charge in [0.1, 0.15) is 40.4 Å². The highest BCUT2D eigenvalue weighted by atomic mass is 31.2. The third-order valence-corrected chi connectivity index (χ3v) is 13.6. The number of carbonyl (C=O) groups is 2. The van der Waals surface area contributed by atoms with E-state index in [1.165, 1.54) is 40.1 Å². The van der Waals surface area contributed by atoms with Crippen molar-refractivity contribution in [1.82, 2.24) is 4.90 Å². The first-order valence-electron chi connectivity index (χ1n) is 16.3. The van der Waals surface area contributed by atoms with Crippen LogP contribution in [0.2, 0.25) is 0 Å². The maximum Gasteiger partial charge on any atom is 0.261 e. The Kier molecular flexibility index (Phi) is 11.5. The molecule has 0 unspecified atom stereocenters. The van der Waals surface area contributed by atoms with Gasteiger partial charge in [-0.1, -0.05) is 44.2 Å².